The molecule has 0 bridgehead atoms. The Kier molecular flexibility index (Phi) is 6.53. The third kappa shape index (κ3) is 3.97. The van der Waals surface area contributed by atoms with Crippen molar-refractivity contribution in [3.63, 3.8) is 0 Å². The zero-order valence-electron chi connectivity index (χ0n) is 22.6. The van der Waals surface area contributed by atoms with Crippen molar-refractivity contribution in [1.82, 2.24) is 5.32 Å². The van der Waals surface area contributed by atoms with E-state index in [9.17, 15) is 10.2 Å². The van der Waals surface area contributed by atoms with Crippen LogP contribution in [0.1, 0.15) is 41.2 Å². The molecule has 0 saturated carbocycles. The van der Waals surface area contributed by atoms with E-state index in [0.29, 0.717) is 12.5 Å². The van der Waals surface area contributed by atoms with Gasteiger partial charge in [-0.1, -0.05) is 13.0 Å². The number of benzene rings is 4. The quantitative estimate of drug-likeness (QED) is 0.166. The van der Waals surface area contributed by atoms with Crippen molar-refractivity contribution in [2.24, 2.45) is 0 Å². The lowest BCUT2D eigenvalue weighted by molar-refractivity contribution is 0.0880. The third-order valence-electron chi connectivity index (χ3n) is 7.99. The maximum absolute atomic E-state index is 11.9. The number of nitrogens with one attached hydrogen (secondary N) is 1. The molecule has 6 rings (SSSR count). The second kappa shape index (κ2) is 10.0. The Bertz CT molecular complexity index is 1560. The highest BCUT2D eigenvalue weighted by atomic mass is 16.5. The molecule has 39 heavy (non-hydrogen) atoms. The Morgan fingerprint density at radius 2 is 1.62 bits per heavy atom. The van der Waals surface area contributed by atoms with E-state index in [1.54, 1.807) is 19.2 Å². The zero-order valence-corrected chi connectivity index (χ0v) is 22.6. The minimum atomic E-state index is -0.820. The Morgan fingerprint density at radius 1 is 0.897 bits per heavy atom. The van der Waals surface area contributed by atoms with Crippen molar-refractivity contribution in [3.05, 3.63) is 58.7 Å². The molecular formula is C31H33NO7. The van der Waals surface area contributed by atoms with Gasteiger partial charge in [0, 0.05) is 33.9 Å². The van der Waals surface area contributed by atoms with E-state index in [4.69, 9.17) is 23.7 Å². The number of rotatable bonds is 8. The molecule has 8 nitrogen and oxygen atoms in total. The van der Waals surface area contributed by atoms with Crippen LogP contribution >= 0.6 is 0 Å². The van der Waals surface area contributed by atoms with Gasteiger partial charge in [-0.25, -0.2) is 0 Å². The Labute approximate surface area is 227 Å². The summed E-state index contributed by atoms with van der Waals surface area (Å²) in [5.74, 6) is 2.40. The van der Waals surface area contributed by atoms with Gasteiger partial charge in [-0.2, -0.15) is 0 Å². The van der Waals surface area contributed by atoms with Crippen LogP contribution in [0.5, 0.6) is 34.5 Å². The van der Waals surface area contributed by atoms with Crippen molar-refractivity contribution >= 4 is 21.5 Å². The number of aliphatic hydroxyl groups is 1. The van der Waals surface area contributed by atoms with Gasteiger partial charge in [0.05, 0.1) is 34.0 Å². The van der Waals surface area contributed by atoms with Crippen LogP contribution < -0.4 is 29.0 Å². The van der Waals surface area contributed by atoms with Gasteiger partial charge in [0.2, 0.25) is 5.75 Å². The molecule has 0 saturated heterocycles. The Morgan fingerprint density at radius 3 is 2.31 bits per heavy atom. The molecule has 0 aromatic heterocycles. The summed E-state index contributed by atoms with van der Waals surface area (Å²) in [6.45, 7) is 3.53. The molecule has 0 spiro atoms. The van der Waals surface area contributed by atoms with E-state index in [2.05, 4.69) is 17.4 Å². The van der Waals surface area contributed by atoms with E-state index in [1.807, 2.05) is 19.1 Å². The highest BCUT2D eigenvalue weighted by Gasteiger charge is 2.36. The van der Waals surface area contributed by atoms with Gasteiger partial charge in [0.25, 0.3) is 0 Å². The number of ether oxygens (including phenoxy) is 5. The minimum Gasteiger partial charge on any atom is -0.502 e. The molecule has 1 aliphatic carbocycles. The standard InChI is InChI=1S/C31H33NO7/c1-5-32-15-39-23-13-22(35-2)18-8-9-20-27-16(6-7-19(23)28(18)27)10-24-29(20)30(33)21(14-38-24)17-11-25(36-3)31(34)26(12-17)37-4/h6-7,10-13,21,30,32-34H,5,8-9,14-15H2,1-4H3/t21-,30-/m0/s1. The van der Waals surface area contributed by atoms with Crippen LogP contribution in [0, 0.1) is 0 Å². The normalized spacial score (nSPS) is 17.7. The number of phenols is 1. The zero-order chi connectivity index (χ0) is 27.3. The first-order valence-corrected chi connectivity index (χ1v) is 13.2. The van der Waals surface area contributed by atoms with E-state index >= 15 is 0 Å². The topological polar surface area (TPSA) is 98.6 Å². The Hall–Kier alpha value is -3.88. The van der Waals surface area contributed by atoms with E-state index in [1.165, 1.54) is 14.2 Å². The second-order valence-corrected chi connectivity index (χ2v) is 9.94. The fourth-order valence-electron chi connectivity index (χ4n) is 6.10. The van der Waals surface area contributed by atoms with E-state index in [-0.39, 0.29) is 29.8 Å². The summed E-state index contributed by atoms with van der Waals surface area (Å²) in [5, 5.41) is 29.8. The first-order valence-electron chi connectivity index (χ1n) is 13.2. The van der Waals surface area contributed by atoms with Crippen molar-refractivity contribution < 1.29 is 33.9 Å². The molecule has 0 radical (unpaired) electrons. The highest BCUT2D eigenvalue weighted by Crippen LogP contribution is 2.52. The van der Waals surface area contributed by atoms with Crippen molar-refractivity contribution in [1.29, 1.82) is 0 Å². The molecule has 2 atom stereocenters. The van der Waals surface area contributed by atoms with Crippen LogP contribution in [0.4, 0.5) is 0 Å². The van der Waals surface area contributed by atoms with E-state index < -0.39 is 6.10 Å². The average Bonchev–Trinajstić information content (AvgIpc) is 2.96. The number of aromatic hydroxyl groups is 1. The molecule has 4 aromatic rings. The SMILES string of the molecule is CCNCOc1cc(OC)c2c3c1ccc1cc4c(c(c13)CC2)[C@@H](O)[C@H](c1cc(OC)c(O)c(OC)c1)CO4. The fourth-order valence-corrected chi connectivity index (χ4v) is 6.10. The molecule has 4 aromatic carbocycles. The summed E-state index contributed by atoms with van der Waals surface area (Å²) >= 11 is 0. The summed E-state index contributed by atoms with van der Waals surface area (Å²) in [6, 6.07) is 11.7. The van der Waals surface area contributed by atoms with Crippen LogP contribution in [0.3, 0.4) is 0 Å². The van der Waals surface area contributed by atoms with Gasteiger partial charge in [-0.05, 0) is 65.6 Å². The summed E-state index contributed by atoms with van der Waals surface area (Å²) in [7, 11) is 4.67. The number of hydrogen-bond acceptors (Lipinski definition) is 8. The van der Waals surface area contributed by atoms with Gasteiger partial charge in [-0.3, -0.25) is 5.32 Å². The van der Waals surface area contributed by atoms with Crippen LogP contribution in [-0.2, 0) is 12.8 Å². The smallest absolute Gasteiger partial charge is 0.200 e. The van der Waals surface area contributed by atoms with Crippen molar-refractivity contribution in [2.45, 2.75) is 31.8 Å². The van der Waals surface area contributed by atoms with Crippen LogP contribution in [0.15, 0.2) is 36.4 Å². The number of phenolic OH excluding ortho intramolecular Hbond substituents is 1. The Balaban J connectivity index is 1.54. The molecule has 1 heterocycles. The molecule has 8 heteroatoms. The predicted octanol–water partition coefficient (Wildman–Crippen LogP) is 4.98. The third-order valence-corrected chi connectivity index (χ3v) is 7.99. The van der Waals surface area contributed by atoms with Gasteiger partial charge >= 0.3 is 0 Å². The summed E-state index contributed by atoms with van der Waals surface area (Å²) < 4.78 is 29.0. The van der Waals surface area contributed by atoms with Gasteiger partial charge in [-0.15, -0.1) is 0 Å². The lowest BCUT2D eigenvalue weighted by Gasteiger charge is -2.35. The van der Waals surface area contributed by atoms with Crippen molar-refractivity contribution in [3.8, 4) is 34.5 Å². The monoisotopic (exact) mass is 531 g/mol. The number of hydrogen-bond donors (Lipinski definition) is 3. The molecule has 3 N–H and O–H groups in total. The number of fused-ring (bicyclic) bond motifs is 2. The minimum absolute atomic E-state index is 0.0726. The van der Waals surface area contributed by atoms with Crippen LogP contribution in [-0.4, -0.2) is 51.4 Å². The number of aliphatic hydroxyl groups excluding tert-OH is 1. The summed E-state index contributed by atoms with van der Waals surface area (Å²) in [6.07, 6.45) is 0.697. The fraction of sp³-hybridized carbons (Fsp3) is 0.355. The molecule has 204 valence electrons. The lowest BCUT2D eigenvalue weighted by Crippen LogP contribution is -2.26. The maximum atomic E-state index is 11.9. The summed E-state index contributed by atoms with van der Waals surface area (Å²) in [4.78, 5) is 0. The first-order chi connectivity index (χ1) is 19.0. The number of aryl methyl sites for hydroxylation is 2. The lowest BCUT2D eigenvalue weighted by atomic mass is 9.78. The van der Waals surface area contributed by atoms with Crippen LogP contribution in [0.2, 0.25) is 0 Å². The van der Waals surface area contributed by atoms with Gasteiger partial charge < -0.3 is 33.9 Å². The molecule has 0 amide bonds. The van der Waals surface area contributed by atoms with Gasteiger partial charge in [0.1, 0.15) is 24.0 Å². The molecule has 2 aliphatic rings. The molecule has 0 fully saturated rings. The molecule has 0 unspecified atom stereocenters. The van der Waals surface area contributed by atoms with E-state index in [0.717, 1.165) is 74.7 Å². The first kappa shape index (κ1) is 25.4. The largest absolute Gasteiger partial charge is 0.502 e. The van der Waals surface area contributed by atoms with Gasteiger partial charge in [0.15, 0.2) is 11.5 Å². The molecule has 1 aliphatic heterocycles. The highest BCUT2D eigenvalue weighted by molar-refractivity contribution is 6.15. The van der Waals surface area contributed by atoms with Crippen LogP contribution in [0.25, 0.3) is 21.5 Å². The maximum Gasteiger partial charge on any atom is 0.200 e. The summed E-state index contributed by atoms with van der Waals surface area (Å²) in [5.41, 5.74) is 3.81. The second-order valence-electron chi connectivity index (χ2n) is 9.94. The number of methoxy groups -OCH3 is 3. The average molecular weight is 532 g/mol. The van der Waals surface area contributed by atoms with Crippen molar-refractivity contribution in [2.75, 3.05) is 41.2 Å². The predicted molar refractivity (Wildman–Crippen MR) is 149 cm³/mol. The molecular weight excluding hydrogens is 498 g/mol.